The van der Waals surface area contributed by atoms with Gasteiger partial charge in [0.25, 0.3) is 0 Å². The molecule has 136 valence electrons. The molecule has 1 fully saturated rings. The molecule has 0 bridgehead atoms. The number of hydrogen-bond acceptors (Lipinski definition) is 4. The van der Waals surface area contributed by atoms with Crippen molar-refractivity contribution in [1.82, 2.24) is 19.9 Å². The van der Waals surface area contributed by atoms with Gasteiger partial charge in [-0.15, -0.1) is 5.10 Å². The first kappa shape index (κ1) is 19.1. The van der Waals surface area contributed by atoms with E-state index in [-0.39, 0.29) is 0 Å². The zero-order chi connectivity index (χ0) is 17.7. The van der Waals surface area contributed by atoms with Crippen molar-refractivity contribution in [1.29, 1.82) is 0 Å². The van der Waals surface area contributed by atoms with Gasteiger partial charge in [-0.1, -0.05) is 23.8 Å². The van der Waals surface area contributed by atoms with Crippen molar-refractivity contribution in [2.75, 3.05) is 19.6 Å². The first-order valence-electron chi connectivity index (χ1n) is 9.26. The van der Waals surface area contributed by atoms with Crippen LogP contribution in [-0.4, -0.2) is 44.6 Å². The molecule has 1 N–H and O–H groups in total. The number of aromatic nitrogens is 3. The fourth-order valence-electron chi connectivity index (χ4n) is 3.29. The van der Waals surface area contributed by atoms with Gasteiger partial charge >= 0.3 is 0 Å². The van der Waals surface area contributed by atoms with Gasteiger partial charge in [0, 0.05) is 19.6 Å². The summed E-state index contributed by atoms with van der Waals surface area (Å²) in [7, 11) is 0. The Morgan fingerprint density at radius 2 is 2.04 bits per heavy atom. The van der Waals surface area contributed by atoms with E-state index < -0.39 is 5.60 Å². The maximum atomic E-state index is 10.0. The van der Waals surface area contributed by atoms with Gasteiger partial charge in [-0.25, -0.2) is 4.68 Å². The summed E-state index contributed by atoms with van der Waals surface area (Å²) in [5.74, 6) is 0.741. The molecular formula is C19H34N4O. The fourth-order valence-corrected chi connectivity index (χ4v) is 3.29. The number of hydrogen-bond donors (Lipinski definition) is 1. The molecule has 2 heterocycles. The smallest absolute Gasteiger partial charge is 0.114 e. The predicted octanol–water partition coefficient (Wildman–Crippen LogP) is 3.52. The molecule has 5 nitrogen and oxygen atoms in total. The second kappa shape index (κ2) is 8.26. The maximum Gasteiger partial charge on any atom is 0.114 e. The number of nitrogens with zero attached hydrogens (tertiary/aromatic N) is 4. The molecule has 0 aliphatic carbocycles. The Bertz CT molecular complexity index is 532. The van der Waals surface area contributed by atoms with E-state index in [2.05, 4.69) is 42.1 Å². The highest BCUT2D eigenvalue weighted by molar-refractivity contribution is 5.03. The second-order valence-corrected chi connectivity index (χ2v) is 8.14. The molecule has 1 aromatic rings. The molecule has 1 aromatic heterocycles. The molecule has 1 atom stereocenters. The molecule has 2 rings (SSSR count). The molecule has 1 aliphatic heterocycles. The number of likely N-dealkylation sites (tertiary alicyclic amines) is 1. The molecule has 1 saturated heterocycles. The molecule has 0 aromatic carbocycles. The van der Waals surface area contributed by atoms with Crippen LogP contribution in [0.4, 0.5) is 0 Å². The van der Waals surface area contributed by atoms with Crippen molar-refractivity contribution in [2.24, 2.45) is 5.92 Å². The van der Waals surface area contributed by atoms with Crippen molar-refractivity contribution < 1.29 is 5.11 Å². The van der Waals surface area contributed by atoms with Crippen molar-refractivity contribution in [3.05, 3.63) is 23.5 Å². The van der Waals surface area contributed by atoms with Crippen LogP contribution in [-0.2, 0) is 5.60 Å². The van der Waals surface area contributed by atoms with E-state index in [0.717, 1.165) is 31.8 Å². The Balaban J connectivity index is 1.77. The largest absolute Gasteiger partial charge is 0.384 e. The molecular weight excluding hydrogens is 300 g/mol. The molecule has 0 spiro atoms. The van der Waals surface area contributed by atoms with Gasteiger partial charge in [0.05, 0.1) is 12.2 Å². The summed E-state index contributed by atoms with van der Waals surface area (Å²) in [5.41, 5.74) is 1.15. The Kier molecular flexibility index (Phi) is 6.58. The summed E-state index contributed by atoms with van der Waals surface area (Å²) in [5, 5.41) is 18.4. The van der Waals surface area contributed by atoms with Gasteiger partial charge in [-0.2, -0.15) is 0 Å². The van der Waals surface area contributed by atoms with E-state index in [0.29, 0.717) is 11.7 Å². The van der Waals surface area contributed by atoms with Crippen LogP contribution >= 0.6 is 0 Å². The van der Waals surface area contributed by atoms with Crippen molar-refractivity contribution in [2.45, 2.75) is 71.9 Å². The number of rotatable bonds is 7. The van der Waals surface area contributed by atoms with Gasteiger partial charge in [-0.3, -0.25) is 0 Å². The molecule has 0 radical (unpaired) electrons. The van der Waals surface area contributed by atoms with E-state index in [1.165, 1.54) is 25.0 Å². The van der Waals surface area contributed by atoms with Crippen LogP contribution in [0.5, 0.6) is 0 Å². The summed E-state index contributed by atoms with van der Waals surface area (Å²) in [6, 6.07) is 0.408. The lowest BCUT2D eigenvalue weighted by molar-refractivity contribution is 0.0736. The van der Waals surface area contributed by atoms with Crippen LogP contribution in [0.1, 0.15) is 72.0 Å². The van der Waals surface area contributed by atoms with Crippen LogP contribution in [0, 0.1) is 5.92 Å². The third-order valence-corrected chi connectivity index (χ3v) is 4.85. The topological polar surface area (TPSA) is 54.2 Å². The zero-order valence-corrected chi connectivity index (χ0v) is 16.0. The third kappa shape index (κ3) is 5.71. The molecule has 1 unspecified atom stereocenters. The summed E-state index contributed by atoms with van der Waals surface area (Å²) < 4.78 is 1.95. The lowest BCUT2D eigenvalue weighted by Crippen LogP contribution is -2.37. The highest BCUT2D eigenvalue weighted by atomic mass is 16.3. The summed E-state index contributed by atoms with van der Waals surface area (Å²) in [4.78, 5) is 2.58. The van der Waals surface area contributed by atoms with Gasteiger partial charge in [0.2, 0.25) is 0 Å². The fraction of sp³-hybridized carbons (Fsp3) is 0.789. The minimum atomic E-state index is -0.917. The number of allylic oxidation sites excluding steroid dienone is 2. The number of piperidine rings is 1. The van der Waals surface area contributed by atoms with Gasteiger partial charge < -0.3 is 10.0 Å². The Morgan fingerprint density at radius 1 is 1.38 bits per heavy atom. The van der Waals surface area contributed by atoms with E-state index in [1.54, 1.807) is 13.8 Å². The minimum absolute atomic E-state index is 0.408. The Hall–Kier alpha value is -1.20. The van der Waals surface area contributed by atoms with Crippen molar-refractivity contribution in [3.8, 4) is 0 Å². The summed E-state index contributed by atoms with van der Waals surface area (Å²) in [6.07, 6.45) is 8.92. The van der Waals surface area contributed by atoms with Gasteiger partial charge in [0.1, 0.15) is 11.3 Å². The third-order valence-electron chi connectivity index (χ3n) is 4.85. The molecule has 0 amide bonds. The standard InChI is InChI=1S/C19H34N4O/c1-15(2)7-6-8-16(3)13-22-11-9-17(10-12-22)23-14-18(20-21-23)19(4,5)24/h7,14,16-17,24H,6,8-13H2,1-5H3. The normalized spacial score (nSPS) is 18.6. The van der Waals surface area contributed by atoms with Crippen LogP contribution < -0.4 is 0 Å². The minimum Gasteiger partial charge on any atom is -0.384 e. The first-order valence-corrected chi connectivity index (χ1v) is 9.26. The highest BCUT2D eigenvalue weighted by Crippen LogP contribution is 2.25. The SMILES string of the molecule is CC(C)=CCCC(C)CN1CCC(n2cc(C(C)(C)O)nn2)CC1. The maximum absolute atomic E-state index is 10.0. The molecule has 1 aliphatic rings. The van der Waals surface area contributed by atoms with Gasteiger partial charge in [-0.05, 0) is 59.3 Å². The quantitative estimate of drug-likeness (QED) is 0.775. The lowest BCUT2D eigenvalue weighted by Gasteiger charge is -2.33. The number of aliphatic hydroxyl groups is 1. The first-order chi connectivity index (χ1) is 11.3. The van der Waals surface area contributed by atoms with E-state index in [9.17, 15) is 5.11 Å². The summed E-state index contributed by atoms with van der Waals surface area (Å²) in [6.45, 7) is 13.6. The van der Waals surface area contributed by atoms with E-state index >= 15 is 0 Å². The van der Waals surface area contributed by atoms with Crippen molar-refractivity contribution >= 4 is 0 Å². The Labute approximate surface area is 146 Å². The second-order valence-electron chi connectivity index (χ2n) is 8.14. The van der Waals surface area contributed by atoms with E-state index in [4.69, 9.17) is 0 Å². The van der Waals surface area contributed by atoms with Gasteiger partial charge in [0.15, 0.2) is 0 Å². The highest BCUT2D eigenvalue weighted by Gasteiger charge is 2.25. The van der Waals surface area contributed by atoms with Crippen LogP contribution in [0.25, 0.3) is 0 Å². The predicted molar refractivity (Wildman–Crippen MR) is 97.8 cm³/mol. The Morgan fingerprint density at radius 3 is 2.58 bits per heavy atom. The molecule has 0 saturated carbocycles. The average molecular weight is 335 g/mol. The monoisotopic (exact) mass is 334 g/mol. The zero-order valence-electron chi connectivity index (χ0n) is 16.0. The van der Waals surface area contributed by atoms with Crippen LogP contribution in [0.15, 0.2) is 17.8 Å². The molecule has 24 heavy (non-hydrogen) atoms. The van der Waals surface area contributed by atoms with Crippen molar-refractivity contribution in [3.63, 3.8) is 0 Å². The lowest BCUT2D eigenvalue weighted by atomic mass is 10.0. The summed E-state index contributed by atoms with van der Waals surface area (Å²) >= 11 is 0. The van der Waals surface area contributed by atoms with Crippen LogP contribution in [0.2, 0.25) is 0 Å². The van der Waals surface area contributed by atoms with E-state index in [1.807, 2.05) is 10.9 Å². The molecule has 5 heteroatoms. The van der Waals surface area contributed by atoms with Crippen LogP contribution in [0.3, 0.4) is 0 Å². The average Bonchev–Trinajstić information content (AvgIpc) is 2.97.